The summed E-state index contributed by atoms with van der Waals surface area (Å²) in [6.45, 7) is 2.04. The zero-order valence-corrected chi connectivity index (χ0v) is 10.2. The molecule has 0 aromatic heterocycles. The minimum Gasteiger partial charge on any atom is -0.486 e. The van der Waals surface area contributed by atoms with Crippen LogP contribution in [0.1, 0.15) is 30.1 Å². The van der Waals surface area contributed by atoms with E-state index in [9.17, 15) is 5.11 Å². The molecule has 0 aliphatic carbocycles. The highest BCUT2D eigenvalue weighted by Gasteiger charge is 2.43. The molecule has 2 nitrogen and oxygen atoms in total. The smallest absolute Gasteiger partial charge is 0.126 e. The lowest BCUT2D eigenvalue weighted by Crippen LogP contribution is -2.41. The molecule has 1 saturated heterocycles. The quantitative estimate of drug-likeness (QED) is 0.751. The van der Waals surface area contributed by atoms with Crippen molar-refractivity contribution in [2.45, 2.75) is 31.5 Å². The fourth-order valence-electron chi connectivity index (χ4n) is 2.59. The summed E-state index contributed by atoms with van der Waals surface area (Å²) >= 11 is 1.92. The number of rotatable bonds is 0. The Kier molecular flexibility index (Phi) is 2.41. The summed E-state index contributed by atoms with van der Waals surface area (Å²) < 4.78 is 6.12. The molecule has 1 unspecified atom stereocenters. The minimum absolute atomic E-state index is 0.105. The van der Waals surface area contributed by atoms with E-state index >= 15 is 0 Å². The summed E-state index contributed by atoms with van der Waals surface area (Å²) in [6.07, 6.45) is 1.45. The van der Waals surface area contributed by atoms with Gasteiger partial charge < -0.3 is 9.84 Å². The maximum absolute atomic E-state index is 10.2. The molecule has 0 bridgehead atoms. The third kappa shape index (κ3) is 1.62. The largest absolute Gasteiger partial charge is 0.486 e. The number of hydrogen-bond acceptors (Lipinski definition) is 3. The Morgan fingerprint density at radius 3 is 3.12 bits per heavy atom. The van der Waals surface area contributed by atoms with Crippen LogP contribution >= 0.6 is 11.8 Å². The van der Waals surface area contributed by atoms with Gasteiger partial charge in [-0.2, -0.15) is 11.8 Å². The molecular formula is C13H16O2S. The summed E-state index contributed by atoms with van der Waals surface area (Å²) in [7, 11) is 0. The van der Waals surface area contributed by atoms with Crippen molar-refractivity contribution in [1.29, 1.82) is 0 Å². The monoisotopic (exact) mass is 236 g/mol. The van der Waals surface area contributed by atoms with Crippen LogP contribution in [0, 0.1) is 6.92 Å². The van der Waals surface area contributed by atoms with E-state index in [2.05, 4.69) is 0 Å². The summed E-state index contributed by atoms with van der Waals surface area (Å²) in [5, 5.41) is 10.2. The van der Waals surface area contributed by atoms with Crippen molar-refractivity contribution in [2.24, 2.45) is 0 Å². The molecule has 3 rings (SSSR count). The number of aliphatic hydroxyl groups excluding tert-OH is 1. The molecule has 16 heavy (non-hydrogen) atoms. The molecule has 0 amide bonds. The van der Waals surface area contributed by atoms with Crippen molar-refractivity contribution in [3.05, 3.63) is 29.3 Å². The van der Waals surface area contributed by atoms with Gasteiger partial charge in [-0.25, -0.2) is 0 Å². The standard InChI is InChI=1S/C13H16O2S/c1-9-2-3-12-10(6-9)11(14)7-13(15-12)4-5-16-8-13/h2-3,6,11,14H,4-5,7-8H2,1H3/t11-,13?/m0/s1. The Morgan fingerprint density at radius 2 is 2.38 bits per heavy atom. The average molecular weight is 236 g/mol. The van der Waals surface area contributed by atoms with E-state index in [4.69, 9.17) is 4.74 Å². The van der Waals surface area contributed by atoms with Crippen molar-refractivity contribution >= 4 is 11.8 Å². The van der Waals surface area contributed by atoms with E-state index in [1.54, 1.807) is 0 Å². The maximum atomic E-state index is 10.2. The minimum atomic E-state index is -0.359. The van der Waals surface area contributed by atoms with E-state index < -0.39 is 0 Å². The molecule has 2 aliphatic rings. The Balaban J connectivity index is 1.99. The summed E-state index contributed by atoms with van der Waals surface area (Å²) in [4.78, 5) is 0. The second-order valence-electron chi connectivity index (χ2n) is 4.85. The first-order chi connectivity index (χ1) is 7.69. The zero-order chi connectivity index (χ0) is 11.2. The number of hydrogen-bond donors (Lipinski definition) is 1. The lowest BCUT2D eigenvalue weighted by molar-refractivity contribution is 0.00403. The fraction of sp³-hybridized carbons (Fsp3) is 0.538. The van der Waals surface area contributed by atoms with Gasteiger partial charge in [0.1, 0.15) is 11.4 Å². The fourth-order valence-corrected chi connectivity index (χ4v) is 3.94. The Bertz CT molecular complexity index is 410. The van der Waals surface area contributed by atoms with Crippen molar-refractivity contribution < 1.29 is 9.84 Å². The molecule has 2 aliphatic heterocycles. The van der Waals surface area contributed by atoms with Gasteiger partial charge in [-0.1, -0.05) is 11.6 Å². The van der Waals surface area contributed by atoms with E-state index in [1.165, 1.54) is 5.56 Å². The lowest BCUT2D eigenvalue weighted by atomic mass is 9.88. The number of thioether (sulfide) groups is 1. The molecule has 1 aromatic rings. The first kappa shape index (κ1) is 10.5. The van der Waals surface area contributed by atoms with Crippen molar-refractivity contribution in [1.82, 2.24) is 0 Å². The van der Waals surface area contributed by atoms with Crippen LogP contribution in [0.3, 0.4) is 0 Å². The number of ether oxygens (including phenoxy) is 1. The maximum Gasteiger partial charge on any atom is 0.126 e. The predicted molar refractivity (Wildman–Crippen MR) is 66.1 cm³/mol. The van der Waals surface area contributed by atoms with E-state index in [0.29, 0.717) is 0 Å². The summed E-state index contributed by atoms with van der Waals surface area (Å²) in [5.41, 5.74) is 2.03. The zero-order valence-electron chi connectivity index (χ0n) is 9.40. The Labute approximate surface area is 100 Å². The molecule has 1 fully saturated rings. The third-order valence-corrected chi connectivity index (χ3v) is 4.71. The molecule has 1 spiro atoms. The van der Waals surface area contributed by atoms with E-state index in [-0.39, 0.29) is 11.7 Å². The Hall–Kier alpha value is -0.670. The first-order valence-electron chi connectivity index (χ1n) is 5.74. The van der Waals surface area contributed by atoms with Crippen LogP contribution in [0.2, 0.25) is 0 Å². The summed E-state index contributed by atoms with van der Waals surface area (Å²) in [5.74, 6) is 3.04. The number of benzene rings is 1. The van der Waals surface area contributed by atoms with E-state index in [1.807, 2.05) is 36.9 Å². The van der Waals surface area contributed by atoms with Gasteiger partial charge in [0.2, 0.25) is 0 Å². The predicted octanol–water partition coefficient (Wildman–Crippen LogP) is 2.69. The lowest BCUT2D eigenvalue weighted by Gasteiger charge is -2.37. The van der Waals surface area contributed by atoms with Crippen molar-refractivity contribution in [3.63, 3.8) is 0 Å². The van der Waals surface area contributed by atoms with Gasteiger partial charge in [0.05, 0.1) is 6.10 Å². The highest BCUT2D eigenvalue weighted by atomic mass is 32.2. The molecule has 1 N–H and O–H groups in total. The number of aryl methyl sites for hydroxylation is 1. The highest BCUT2D eigenvalue weighted by molar-refractivity contribution is 7.99. The van der Waals surface area contributed by atoms with Crippen LogP contribution in [0.25, 0.3) is 0 Å². The van der Waals surface area contributed by atoms with Gasteiger partial charge in [0.15, 0.2) is 0 Å². The highest BCUT2D eigenvalue weighted by Crippen LogP contribution is 2.45. The van der Waals surface area contributed by atoms with Crippen molar-refractivity contribution in [3.8, 4) is 5.75 Å². The number of aliphatic hydroxyl groups is 1. The van der Waals surface area contributed by atoms with Crippen LogP contribution in [0.15, 0.2) is 18.2 Å². The molecule has 0 radical (unpaired) electrons. The van der Waals surface area contributed by atoms with Gasteiger partial charge in [-0.05, 0) is 31.2 Å². The molecule has 0 saturated carbocycles. The van der Waals surface area contributed by atoms with Crippen molar-refractivity contribution in [2.75, 3.05) is 11.5 Å². The number of fused-ring (bicyclic) bond motifs is 1. The molecule has 2 heterocycles. The van der Waals surface area contributed by atoms with Gasteiger partial charge in [-0.3, -0.25) is 0 Å². The average Bonchev–Trinajstić information content (AvgIpc) is 2.68. The van der Waals surface area contributed by atoms with Crippen LogP contribution in [0.4, 0.5) is 0 Å². The van der Waals surface area contributed by atoms with Gasteiger partial charge in [0, 0.05) is 17.7 Å². The van der Waals surface area contributed by atoms with Crippen LogP contribution in [-0.4, -0.2) is 22.2 Å². The SMILES string of the molecule is Cc1ccc2c(c1)[C@@H](O)CC1(CCSC1)O2. The van der Waals surface area contributed by atoms with Gasteiger partial charge in [0.25, 0.3) is 0 Å². The van der Waals surface area contributed by atoms with Crippen LogP contribution < -0.4 is 4.74 Å². The Morgan fingerprint density at radius 1 is 1.50 bits per heavy atom. The topological polar surface area (TPSA) is 29.5 Å². The van der Waals surface area contributed by atoms with Gasteiger partial charge in [-0.15, -0.1) is 0 Å². The molecule has 2 atom stereocenters. The molecule has 1 aromatic carbocycles. The second kappa shape index (κ2) is 3.67. The molecule has 3 heteroatoms. The van der Waals surface area contributed by atoms with Crippen LogP contribution in [0.5, 0.6) is 5.75 Å². The van der Waals surface area contributed by atoms with Crippen LogP contribution in [-0.2, 0) is 0 Å². The second-order valence-corrected chi connectivity index (χ2v) is 5.95. The molecule has 86 valence electrons. The van der Waals surface area contributed by atoms with E-state index in [0.717, 1.165) is 35.7 Å². The third-order valence-electron chi connectivity index (χ3n) is 3.48. The summed E-state index contributed by atoms with van der Waals surface area (Å²) in [6, 6.07) is 6.08. The van der Waals surface area contributed by atoms with Gasteiger partial charge >= 0.3 is 0 Å². The first-order valence-corrected chi connectivity index (χ1v) is 6.89. The normalized spacial score (nSPS) is 32.5. The molecular weight excluding hydrogens is 220 g/mol.